The molecule has 0 saturated heterocycles. The van der Waals surface area contributed by atoms with Crippen molar-refractivity contribution in [2.75, 3.05) is 6.54 Å². The molecule has 0 unspecified atom stereocenters. The number of nitrogens with one attached hydrogen (secondary N) is 1. The molecule has 0 aliphatic heterocycles. The molecule has 1 amide bonds. The minimum Gasteiger partial charge on any atom is -0.351 e. The number of hydrogen-bond donors (Lipinski definition) is 1. The Morgan fingerprint density at radius 1 is 1.47 bits per heavy atom. The number of carbonyl (C=O) groups is 1. The average Bonchev–Trinajstić information content (AvgIpc) is 2.64. The van der Waals surface area contributed by atoms with E-state index < -0.39 is 0 Å². The molecule has 90 valence electrons. The lowest BCUT2D eigenvalue weighted by Crippen LogP contribution is -2.23. The molecule has 0 radical (unpaired) electrons. The molecule has 2 rings (SSSR count). The van der Waals surface area contributed by atoms with Crippen molar-refractivity contribution >= 4 is 27.3 Å². The Hall–Kier alpha value is -1.06. The maximum Gasteiger partial charge on any atom is 0.261 e. The summed E-state index contributed by atoms with van der Waals surface area (Å²) in [5, 5.41) is 4.83. The standard InChI is InChI=1S/C13H14ClNOS/c1-3-6-15-13(16)12-8(2)10-7-9(14)4-5-11(10)17-12/h4-5,7,14H,3,6H2,1-2H3/p+1. The van der Waals surface area contributed by atoms with Gasteiger partial charge < -0.3 is 5.32 Å². The summed E-state index contributed by atoms with van der Waals surface area (Å²) >= 11 is 6.68. The van der Waals surface area contributed by atoms with Crippen LogP contribution >= 0.6 is 11.3 Å². The Bertz CT molecular complexity index is 562. The maximum absolute atomic E-state index is 12.0. The van der Waals surface area contributed by atoms with E-state index in [0.29, 0.717) is 0 Å². The minimum absolute atomic E-state index is 0.0245. The number of fused-ring (bicyclic) bond motifs is 1. The Morgan fingerprint density at radius 2 is 2.24 bits per heavy atom. The highest BCUT2D eigenvalue weighted by molar-refractivity contribution is 7.21. The van der Waals surface area contributed by atoms with E-state index in [1.54, 1.807) is 0 Å². The van der Waals surface area contributed by atoms with Gasteiger partial charge in [-0.25, -0.2) is 0 Å². The summed E-state index contributed by atoms with van der Waals surface area (Å²) in [5.74, 6) is 0.0245. The number of amides is 1. The van der Waals surface area contributed by atoms with E-state index in [1.807, 2.05) is 32.0 Å². The number of aryl methyl sites for hydroxylation is 1. The first-order valence-corrected chi connectivity index (χ1v) is 6.84. The molecule has 1 aromatic heterocycles. The van der Waals surface area contributed by atoms with Crippen LogP contribution in [0, 0.1) is 18.5 Å². The van der Waals surface area contributed by atoms with Crippen LogP contribution in [-0.4, -0.2) is 12.5 Å². The molecule has 0 bridgehead atoms. The summed E-state index contributed by atoms with van der Waals surface area (Å²) in [6.45, 7) is 4.74. The van der Waals surface area contributed by atoms with Crippen molar-refractivity contribution in [3.05, 3.63) is 33.7 Å². The van der Waals surface area contributed by atoms with Gasteiger partial charge >= 0.3 is 0 Å². The average molecular weight is 269 g/mol. The van der Waals surface area contributed by atoms with Gasteiger partial charge in [-0.15, -0.1) is 11.3 Å². The first kappa shape index (κ1) is 12.4. The van der Waals surface area contributed by atoms with Gasteiger partial charge in [0, 0.05) is 28.8 Å². The van der Waals surface area contributed by atoms with Crippen LogP contribution in [0.3, 0.4) is 0 Å². The lowest BCUT2D eigenvalue weighted by atomic mass is 10.1. The zero-order valence-electron chi connectivity index (χ0n) is 9.87. The third-order valence-electron chi connectivity index (χ3n) is 2.65. The van der Waals surface area contributed by atoms with Crippen LogP contribution in [0.1, 0.15) is 28.6 Å². The summed E-state index contributed by atoms with van der Waals surface area (Å²) in [7, 11) is 0. The van der Waals surface area contributed by atoms with E-state index >= 15 is 0 Å². The third-order valence-corrected chi connectivity index (χ3v) is 4.17. The predicted molar refractivity (Wildman–Crippen MR) is 69.7 cm³/mol. The van der Waals surface area contributed by atoms with Gasteiger partial charge in [0.15, 0.2) is 11.6 Å². The SMILES string of the molecule is CCCNC(=O)c1sc2ccc([ClH+])cc2c1C. The molecular formula is C13H15ClNOS+. The van der Waals surface area contributed by atoms with Crippen molar-refractivity contribution in [1.29, 1.82) is 0 Å². The van der Waals surface area contributed by atoms with Crippen molar-refractivity contribution in [2.45, 2.75) is 20.3 Å². The van der Waals surface area contributed by atoms with Crippen LogP contribution in [0.15, 0.2) is 18.2 Å². The fourth-order valence-corrected chi connectivity index (χ4v) is 3.03. The van der Waals surface area contributed by atoms with Crippen LogP contribution < -0.4 is 5.32 Å². The molecule has 2 aromatic rings. The van der Waals surface area contributed by atoms with Crippen molar-refractivity contribution in [3.63, 3.8) is 0 Å². The first-order chi connectivity index (χ1) is 8.13. The van der Waals surface area contributed by atoms with E-state index in [1.165, 1.54) is 11.3 Å². The van der Waals surface area contributed by atoms with Gasteiger partial charge in [0.25, 0.3) is 5.91 Å². The van der Waals surface area contributed by atoms with E-state index in [9.17, 15) is 4.79 Å². The highest BCUT2D eigenvalue weighted by Crippen LogP contribution is 2.31. The lowest BCUT2D eigenvalue weighted by molar-refractivity contribution is -0.288. The Kier molecular flexibility index (Phi) is 3.69. The molecule has 17 heavy (non-hydrogen) atoms. The van der Waals surface area contributed by atoms with Gasteiger partial charge in [-0.1, -0.05) is 6.92 Å². The highest BCUT2D eigenvalue weighted by Gasteiger charge is 2.15. The second kappa shape index (κ2) is 5.07. The molecule has 0 atom stereocenters. The number of rotatable bonds is 3. The normalized spacial score (nSPS) is 10.8. The van der Waals surface area contributed by atoms with Crippen molar-refractivity contribution in [1.82, 2.24) is 5.32 Å². The van der Waals surface area contributed by atoms with Gasteiger partial charge in [-0.2, -0.15) is 0 Å². The molecule has 1 aromatic carbocycles. The fourth-order valence-electron chi connectivity index (χ4n) is 1.74. The molecule has 0 saturated carbocycles. The summed E-state index contributed by atoms with van der Waals surface area (Å²) in [4.78, 5) is 12.8. The topological polar surface area (TPSA) is 29.1 Å². The molecule has 0 aliphatic carbocycles. The monoisotopic (exact) mass is 268 g/mol. The zero-order chi connectivity index (χ0) is 12.4. The van der Waals surface area contributed by atoms with Crippen LogP contribution in [0.5, 0.6) is 0 Å². The summed E-state index contributed by atoms with van der Waals surface area (Å²) in [6.07, 6.45) is 0.950. The summed E-state index contributed by atoms with van der Waals surface area (Å²) < 4.78 is 1.12. The molecule has 2 nitrogen and oxygen atoms in total. The lowest BCUT2D eigenvalue weighted by Gasteiger charge is -2.01. The van der Waals surface area contributed by atoms with Gasteiger partial charge in [-0.3, -0.25) is 4.79 Å². The molecular weight excluding hydrogens is 254 g/mol. The maximum atomic E-state index is 12.0. The largest absolute Gasteiger partial charge is 0.351 e. The summed E-state index contributed by atoms with van der Waals surface area (Å²) in [5.41, 5.74) is 1.03. The minimum atomic E-state index is 0.0245. The fraction of sp³-hybridized carbons (Fsp3) is 0.308. The molecule has 4 heteroatoms. The van der Waals surface area contributed by atoms with Crippen LogP contribution in [0.4, 0.5) is 0 Å². The zero-order valence-corrected chi connectivity index (χ0v) is 11.5. The number of benzene rings is 1. The molecule has 1 heterocycles. The molecule has 1 N–H and O–H groups in total. The second-order valence-corrected chi connectivity index (χ2v) is 5.49. The molecule has 0 fully saturated rings. The summed E-state index contributed by atoms with van der Waals surface area (Å²) in [6, 6.07) is 5.86. The Morgan fingerprint density at radius 3 is 2.94 bits per heavy atom. The first-order valence-electron chi connectivity index (χ1n) is 5.62. The Labute approximate surface area is 110 Å². The second-order valence-electron chi connectivity index (χ2n) is 3.97. The van der Waals surface area contributed by atoms with Crippen LogP contribution in [0.25, 0.3) is 10.1 Å². The third kappa shape index (κ3) is 2.45. The number of hydrogen-bond acceptors (Lipinski definition) is 2. The van der Waals surface area contributed by atoms with Crippen molar-refractivity contribution < 1.29 is 16.4 Å². The van der Waals surface area contributed by atoms with Crippen molar-refractivity contribution in [3.8, 4) is 0 Å². The van der Waals surface area contributed by atoms with Crippen molar-refractivity contribution in [2.24, 2.45) is 0 Å². The highest BCUT2D eigenvalue weighted by atomic mass is 35.5. The van der Waals surface area contributed by atoms with Gasteiger partial charge in [0.05, 0.1) is 4.88 Å². The molecule has 0 spiro atoms. The van der Waals surface area contributed by atoms with Crippen LogP contribution in [0.2, 0.25) is 5.02 Å². The van der Waals surface area contributed by atoms with Crippen LogP contribution in [-0.2, 0) is 0 Å². The smallest absolute Gasteiger partial charge is 0.261 e. The predicted octanol–water partition coefficient (Wildman–Crippen LogP) is 3.05. The van der Waals surface area contributed by atoms with Gasteiger partial charge in [0.1, 0.15) is 0 Å². The van der Waals surface area contributed by atoms with E-state index in [2.05, 4.69) is 5.32 Å². The number of carbonyl (C=O) groups excluding carboxylic acids is 1. The number of thiophene rings is 1. The van der Waals surface area contributed by atoms with Gasteiger partial charge in [0.2, 0.25) is 5.02 Å². The Balaban J connectivity index is 2.42. The van der Waals surface area contributed by atoms with Gasteiger partial charge in [-0.05, 0) is 25.0 Å². The van der Waals surface area contributed by atoms with E-state index in [4.69, 9.17) is 11.6 Å². The number of halogens is 1. The molecule has 0 aliphatic rings. The quantitative estimate of drug-likeness (QED) is 0.911. The van der Waals surface area contributed by atoms with E-state index in [0.717, 1.165) is 38.5 Å². The van der Waals surface area contributed by atoms with E-state index in [-0.39, 0.29) is 5.91 Å².